The number of benzene rings is 1. The Balaban J connectivity index is 1.54. The highest BCUT2D eigenvalue weighted by Crippen LogP contribution is 2.14. The molecule has 1 aliphatic rings. The fraction of sp³-hybridized carbons (Fsp3) is 0.526. The monoisotopic (exact) mass is 356 g/mol. The topological polar surface area (TPSA) is 76.4 Å². The number of guanidine groups is 1. The average Bonchev–Trinajstić information content (AvgIpc) is 3.10. The number of aromatic nitrogens is 3. The van der Waals surface area contributed by atoms with Crippen LogP contribution < -0.4 is 15.4 Å². The number of aliphatic imine (C=N–C) groups is 1. The first-order valence-corrected chi connectivity index (χ1v) is 9.29. The lowest BCUT2D eigenvalue weighted by Crippen LogP contribution is -2.47. The summed E-state index contributed by atoms with van der Waals surface area (Å²) in [5.41, 5.74) is 1.23. The Morgan fingerprint density at radius 1 is 1.38 bits per heavy atom. The predicted molar refractivity (Wildman–Crippen MR) is 103 cm³/mol. The lowest BCUT2D eigenvalue weighted by molar-refractivity contribution is 0.230. The molecule has 0 saturated heterocycles. The molecule has 0 saturated carbocycles. The SMILES string of the molecule is CCNC(=NCC(C)Oc1ccc(C)cc1)NC1CCc2ncnn2C1. The molecule has 7 heteroatoms. The van der Waals surface area contributed by atoms with Gasteiger partial charge in [0.2, 0.25) is 0 Å². The van der Waals surface area contributed by atoms with Crippen LogP contribution in [0.1, 0.15) is 31.7 Å². The molecule has 2 heterocycles. The van der Waals surface area contributed by atoms with Crippen molar-refractivity contribution >= 4 is 5.96 Å². The Labute approximate surface area is 154 Å². The molecule has 0 aliphatic carbocycles. The van der Waals surface area contributed by atoms with Crippen LogP contribution in [0.15, 0.2) is 35.6 Å². The highest BCUT2D eigenvalue weighted by molar-refractivity contribution is 5.80. The van der Waals surface area contributed by atoms with Gasteiger partial charge in [-0.15, -0.1) is 0 Å². The standard InChI is InChI=1S/C19H28N6O/c1-4-20-19(24-16-7-10-18-22-13-23-25(18)12-16)21-11-15(3)26-17-8-5-14(2)6-9-17/h5-6,8-9,13,15-16H,4,7,10-12H2,1-3H3,(H2,20,21,24). The Bertz CT molecular complexity index is 724. The first-order chi connectivity index (χ1) is 12.6. The van der Waals surface area contributed by atoms with Crippen molar-refractivity contribution < 1.29 is 4.74 Å². The van der Waals surface area contributed by atoms with E-state index < -0.39 is 0 Å². The van der Waals surface area contributed by atoms with Crippen LogP contribution in [-0.2, 0) is 13.0 Å². The Hall–Kier alpha value is -2.57. The Morgan fingerprint density at radius 3 is 2.96 bits per heavy atom. The minimum atomic E-state index is 0.00133. The van der Waals surface area contributed by atoms with Crippen LogP contribution >= 0.6 is 0 Å². The van der Waals surface area contributed by atoms with Crippen molar-refractivity contribution in [2.45, 2.75) is 52.3 Å². The third kappa shape index (κ3) is 4.97. The van der Waals surface area contributed by atoms with E-state index in [1.54, 1.807) is 6.33 Å². The third-order valence-corrected chi connectivity index (χ3v) is 4.36. The van der Waals surface area contributed by atoms with Gasteiger partial charge in [-0.1, -0.05) is 17.7 Å². The minimum Gasteiger partial charge on any atom is -0.489 e. The normalized spacial score (nSPS) is 18.1. The van der Waals surface area contributed by atoms with Crippen LogP contribution in [0.3, 0.4) is 0 Å². The maximum absolute atomic E-state index is 5.94. The quantitative estimate of drug-likeness (QED) is 0.611. The van der Waals surface area contributed by atoms with Crippen molar-refractivity contribution in [3.05, 3.63) is 42.0 Å². The van der Waals surface area contributed by atoms with Crippen molar-refractivity contribution in [1.29, 1.82) is 0 Å². The summed E-state index contributed by atoms with van der Waals surface area (Å²) < 4.78 is 7.91. The second-order valence-electron chi connectivity index (χ2n) is 6.70. The van der Waals surface area contributed by atoms with Crippen molar-refractivity contribution in [1.82, 2.24) is 25.4 Å². The zero-order chi connectivity index (χ0) is 18.4. The van der Waals surface area contributed by atoms with E-state index in [0.717, 1.165) is 43.5 Å². The van der Waals surface area contributed by atoms with Crippen LogP contribution in [0.25, 0.3) is 0 Å². The molecule has 2 N–H and O–H groups in total. The van der Waals surface area contributed by atoms with E-state index in [2.05, 4.69) is 51.7 Å². The highest BCUT2D eigenvalue weighted by Gasteiger charge is 2.20. The minimum absolute atomic E-state index is 0.00133. The molecule has 140 valence electrons. The number of nitrogens with one attached hydrogen (secondary N) is 2. The molecular weight excluding hydrogens is 328 g/mol. The van der Waals surface area contributed by atoms with Crippen LogP contribution in [0.4, 0.5) is 0 Å². The molecule has 2 unspecified atom stereocenters. The van der Waals surface area contributed by atoms with Gasteiger partial charge < -0.3 is 15.4 Å². The summed E-state index contributed by atoms with van der Waals surface area (Å²) in [4.78, 5) is 8.96. The maximum Gasteiger partial charge on any atom is 0.191 e. The van der Waals surface area contributed by atoms with Crippen molar-refractivity contribution in [3.8, 4) is 5.75 Å². The fourth-order valence-electron chi connectivity index (χ4n) is 2.98. The summed E-state index contributed by atoms with van der Waals surface area (Å²) in [6, 6.07) is 8.40. The van der Waals surface area contributed by atoms with Gasteiger partial charge in [-0.2, -0.15) is 5.10 Å². The lowest BCUT2D eigenvalue weighted by Gasteiger charge is -2.25. The molecular formula is C19H28N6O. The van der Waals surface area contributed by atoms with Crippen LogP contribution in [0, 0.1) is 6.92 Å². The van der Waals surface area contributed by atoms with Crippen LogP contribution in [0.2, 0.25) is 0 Å². The average molecular weight is 356 g/mol. The number of hydrogen-bond donors (Lipinski definition) is 2. The van der Waals surface area contributed by atoms with Gasteiger partial charge in [-0.25, -0.2) is 14.7 Å². The summed E-state index contributed by atoms with van der Waals surface area (Å²) in [7, 11) is 0. The van der Waals surface area contributed by atoms with E-state index in [0.29, 0.717) is 12.6 Å². The van der Waals surface area contributed by atoms with E-state index in [1.165, 1.54) is 5.56 Å². The van der Waals surface area contributed by atoms with Crippen molar-refractivity contribution in [2.75, 3.05) is 13.1 Å². The number of nitrogens with zero attached hydrogens (tertiary/aromatic N) is 4. The van der Waals surface area contributed by atoms with Crippen molar-refractivity contribution in [2.24, 2.45) is 4.99 Å². The molecule has 1 aromatic carbocycles. The second-order valence-corrected chi connectivity index (χ2v) is 6.70. The largest absolute Gasteiger partial charge is 0.489 e. The predicted octanol–water partition coefficient (Wildman–Crippen LogP) is 1.92. The number of fused-ring (bicyclic) bond motifs is 1. The van der Waals surface area contributed by atoms with Gasteiger partial charge in [0.05, 0.1) is 13.1 Å². The van der Waals surface area contributed by atoms with Gasteiger partial charge in [-0.3, -0.25) is 0 Å². The summed E-state index contributed by atoms with van der Waals surface area (Å²) in [6.07, 6.45) is 3.59. The van der Waals surface area contributed by atoms with Gasteiger partial charge in [0.25, 0.3) is 0 Å². The maximum atomic E-state index is 5.94. The second kappa shape index (κ2) is 8.69. The first kappa shape index (κ1) is 18.2. The van der Waals surface area contributed by atoms with E-state index in [4.69, 9.17) is 4.74 Å². The number of ether oxygens (including phenoxy) is 1. The van der Waals surface area contributed by atoms with E-state index in [1.807, 2.05) is 23.7 Å². The van der Waals surface area contributed by atoms with Crippen LogP contribution in [-0.4, -0.2) is 46.0 Å². The molecule has 0 radical (unpaired) electrons. The lowest BCUT2D eigenvalue weighted by atomic mass is 10.1. The van der Waals surface area contributed by atoms with E-state index >= 15 is 0 Å². The molecule has 1 aromatic heterocycles. The van der Waals surface area contributed by atoms with Gasteiger partial charge >= 0.3 is 0 Å². The fourth-order valence-corrected chi connectivity index (χ4v) is 2.98. The zero-order valence-corrected chi connectivity index (χ0v) is 15.8. The van der Waals surface area contributed by atoms with Crippen molar-refractivity contribution in [3.63, 3.8) is 0 Å². The molecule has 2 atom stereocenters. The third-order valence-electron chi connectivity index (χ3n) is 4.36. The van der Waals surface area contributed by atoms with Gasteiger partial charge in [0.1, 0.15) is 24.0 Å². The number of rotatable bonds is 6. The Morgan fingerprint density at radius 2 is 2.19 bits per heavy atom. The van der Waals surface area contributed by atoms with Gasteiger partial charge in [0, 0.05) is 19.0 Å². The summed E-state index contributed by atoms with van der Waals surface area (Å²) >= 11 is 0. The van der Waals surface area contributed by atoms with Gasteiger partial charge in [0.15, 0.2) is 5.96 Å². The molecule has 0 bridgehead atoms. The molecule has 2 aromatic rings. The van der Waals surface area contributed by atoms with Gasteiger partial charge in [-0.05, 0) is 39.3 Å². The highest BCUT2D eigenvalue weighted by atomic mass is 16.5. The molecule has 7 nitrogen and oxygen atoms in total. The summed E-state index contributed by atoms with van der Waals surface area (Å²) in [5, 5.41) is 11.1. The molecule has 0 fully saturated rings. The molecule has 0 spiro atoms. The smallest absolute Gasteiger partial charge is 0.191 e. The molecule has 26 heavy (non-hydrogen) atoms. The first-order valence-electron chi connectivity index (χ1n) is 9.29. The molecule has 3 rings (SSSR count). The molecule has 0 amide bonds. The summed E-state index contributed by atoms with van der Waals surface area (Å²) in [6.45, 7) is 8.40. The van der Waals surface area contributed by atoms with Crippen LogP contribution in [0.5, 0.6) is 5.75 Å². The zero-order valence-electron chi connectivity index (χ0n) is 15.8. The molecule has 1 aliphatic heterocycles. The number of aryl methyl sites for hydroxylation is 2. The summed E-state index contributed by atoms with van der Waals surface area (Å²) in [5.74, 6) is 2.76. The number of hydrogen-bond acceptors (Lipinski definition) is 4. The van der Waals surface area contributed by atoms with E-state index in [-0.39, 0.29) is 6.10 Å². The Kier molecular flexibility index (Phi) is 6.09. The van der Waals surface area contributed by atoms with E-state index in [9.17, 15) is 0 Å².